The molecule has 0 saturated carbocycles. The van der Waals surface area contributed by atoms with E-state index in [0.29, 0.717) is 18.8 Å². The summed E-state index contributed by atoms with van der Waals surface area (Å²) in [5.74, 6) is 0.227. The van der Waals surface area contributed by atoms with E-state index in [4.69, 9.17) is 9.47 Å². The van der Waals surface area contributed by atoms with Crippen molar-refractivity contribution in [3.63, 3.8) is 0 Å². The second-order valence-electron chi connectivity index (χ2n) is 2.87. The molecule has 0 aliphatic heterocycles. The summed E-state index contributed by atoms with van der Waals surface area (Å²) in [6.07, 6.45) is 0. The van der Waals surface area contributed by atoms with E-state index in [0.717, 1.165) is 0 Å². The molecule has 15 heavy (non-hydrogen) atoms. The average molecular weight is 208 g/mol. The quantitative estimate of drug-likeness (QED) is 0.756. The van der Waals surface area contributed by atoms with Gasteiger partial charge in [-0.15, -0.1) is 0 Å². The summed E-state index contributed by atoms with van der Waals surface area (Å²) in [7, 11) is 0. The van der Waals surface area contributed by atoms with Crippen LogP contribution in [0, 0.1) is 0 Å². The maximum absolute atomic E-state index is 9.87. The molecule has 0 heterocycles. The third-order valence-electron chi connectivity index (χ3n) is 1.79. The van der Waals surface area contributed by atoms with Gasteiger partial charge in [0.25, 0.3) is 0 Å². The number of aliphatic hydroxyl groups excluding tert-OH is 1. The highest BCUT2D eigenvalue weighted by Crippen LogP contribution is 2.17. The number of aliphatic hydroxyl groups is 1. The fourth-order valence-electron chi connectivity index (χ4n) is 1.15. The van der Waals surface area contributed by atoms with Gasteiger partial charge in [0.2, 0.25) is 5.76 Å². The largest absolute Gasteiger partial charge is 0.502 e. The lowest BCUT2D eigenvalue weighted by molar-refractivity contribution is 0.0428. The maximum Gasteiger partial charge on any atom is 0.323 e. The van der Waals surface area contributed by atoms with Gasteiger partial charge in [-0.2, -0.15) is 0 Å². The molecule has 0 amide bonds. The highest BCUT2D eigenvalue weighted by atomic mass is 16.7. The monoisotopic (exact) mass is 208 g/mol. The lowest BCUT2D eigenvalue weighted by atomic mass is 10.2. The zero-order valence-electron chi connectivity index (χ0n) is 9.06. The van der Waals surface area contributed by atoms with Gasteiger partial charge >= 0.3 is 5.95 Å². The van der Waals surface area contributed by atoms with Crippen LogP contribution in [0.15, 0.2) is 36.3 Å². The van der Waals surface area contributed by atoms with E-state index in [2.05, 4.69) is 0 Å². The Bertz CT molecular complexity index is 309. The molecular weight excluding hydrogens is 192 g/mol. The van der Waals surface area contributed by atoms with Crippen molar-refractivity contribution < 1.29 is 14.6 Å². The van der Waals surface area contributed by atoms with Crippen molar-refractivity contribution in [2.45, 2.75) is 13.8 Å². The van der Waals surface area contributed by atoms with Crippen molar-refractivity contribution in [3.05, 3.63) is 41.8 Å². The molecule has 0 spiro atoms. The molecule has 0 aliphatic rings. The van der Waals surface area contributed by atoms with Crippen molar-refractivity contribution in [1.82, 2.24) is 0 Å². The predicted molar refractivity (Wildman–Crippen MR) is 59.2 cm³/mol. The van der Waals surface area contributed by atoms with Gasteiger partial charge in [0, 0.05) is 5.56 Å². The number of benzene rings is 1. The van der Waals surface area contributed by atoms with Crippen LogP contribution in [-0.2, 0) is 9.47 Å². The molecule has 1 aromatic rings. The Kier molecular flexibility index (Phi) is 4.54. The smallest absolute Gasteiger partial charge is 0.323 e. The second-order valence-corrected chi connectivity index (χ2v) is 2.87. The van der Waals surface area contributed by atoms with E-state index < -0.39 is 0 Å². The van der Waals surface area contributed by atoms with Crippen LogP contribution in [0.3, 0.4) is 0 Å². The molecule has 0 unspecified atom stereocenters. The second kappa shape index (κ2) is 5.96. The van der Waals surface area contributed by atoms with Gasteiger partial charge < -0.3 is 14.6 Å². The van der Waals surface area contributed by atoms with Crippen molar-refractivity contribution in [2.75, 3.05) is 13.2 Å². The van der Waals surface area contributed by atoms with E-state index in [1.807, 2.05) is 32.0 Å². The summed E-state index contributed by atoms with van der Waals surface area (Å²) in [5.41, 5.74) is 0.689. The maximum atomic E-state index is 9.87. The first-order valence-corrected chi connectivity index (χ1v) is 5.03. The third kappa shape index (κ3) is 3.20. The normalized spacial score (nSPS) is 9.47. The SMILES string of the molecule is CCOC(OCC)=C(O)c1ccccc1. The zero-order valence-corrected chi connectivity index (χ0v) is 9.06. The molecule has 0 bridgehead atoms. The van der Waals surface area contributed by atoms with Gasteiger partial charge in [-0.3, -0.25) is 0 Å². The van der Waals surface area contributed by atoms with Gasteiger partial charge in [0.15, 0.2) is 0 Å². The number of hydrogen-bond donors (Lipinski definition) is 1. The fourth-order valence-corrected chi connectivity index (χ4v) is 1.15. The molecule has 82 valence electrons. The molecule has 0 aliphatic carbocycles. The van der Waals surface area contributed by atoms with Gasteiger partial charge in [0.05, 0.1) is 13.2 Å². The molecule has 1 rings (SSSR count). The first-order chi connectivity index (χ1) is 7.29. The molecule has 3 heteroatoms. The third-order valence-corrected chi connectivity index (χ3v) is 1.79. The van der Waals surface area contributed by atoms with Crippen LogP contribution >= 0.6 is 0 Å². The molecule has 0 saturated heterocycles. The van der Waals surface area contributed by atoms with E-state index in [1.54, 1.807) is 12.1 Å². The molecular formula is C12H16O3. The lowest BCUT2D eigenvalue weighted by Gasteiger charge is -2.11. The van der Waals surface area contributed by atoms with Crippen LogP contribution < -0.4 is 0 Å². The van der Waals surface area contributed by atoms with Crippen LogP contribution in [0.4, 0.5) is 0 Å². The predicted octanol–water partition coefficient (Wildman–Crippen LogP) is 2.94. The summed E-state index contributed by atoms with van der Waals surface area (Å²) in [6.45, 7) is 4.62. The Morgan fingerprint density at radius 1 is 1.07 bits per heavy atom. The van der Waals surface area contributed by atoms with E-state index in [1.165, 1.54) is 0 Å². The summed E-state index contributed by atoms with van der Waals surface area (Å²) >= 11 is 0. The first-order valence-electron chi connectivity index (χ1n) is 5.03. The van der Waals surface area contributed by atoms with Crippen molar-refractivity contribution in [3.8, 4) is 0 Å². The minimum Gasteiger partial charge on any atom is -0.502 e. The van der Waals surface area contributed by atoms with Gasteiger partial charge in [-0.05, 0) is 13.8 Å². The summed E-state index contributed by atoms with van der Waals surface area (Å²) in [4.78, 5) is 0. The number of ether oxygens (including phenoxy) is 2. The fraction of sp³-hybridized carbons (Fsp3) is 0.333. The molecule has 0 fully saturated rings. The molecule has 0 atom stereocenters. The van der Waals surface area contributed by atoms with Crippen LogP contribution in [0.25, 0.3) is 5.76 Å². The minimum absolute atomic E-state index is 0.0410. The minimum atomic E-state index is 0.0410. The molecule has 0 radical (unpaired) electrons. The van der Waals surface area contributed by atoms with Crippen LogP contribution in [0.2, 0.25) is 0 Å². The van der Waals surface area contributed by atoms with Gasteiger partial charge in [-0.1, -0.05) is 30.3 Å². The summed E-state index contributed by atoms with van der Waals surface area (Å²) in [5, 5.41) is 9.87. The molecule has 3 nitrogen and oxygen atoms in total. The van der Waals surface area contributed by atoms with Crippen molar-refractivity contribution in [1.29, 1.82) is 0 Å². The van der Waals surface area contributed by atoms with Crippen LogP contribution in [0.5, 0.6) is 0 Å². The Morgan fingerprint density at radius 3 is 2.07 bits per heavy atom. The topological polar surface area (TPSA) is 38.7 Å². The number of hydrogen-bond acceptors (Lipinski definition) is 3. The Hall–Kier alpha value is -1.64. The lowest BCUT2D eigenvalue weighted by Crippen LogP contribution is -2.01. The van der Waals surface area contributed by atoms with Gasteiger partial charge in [0.1, 0.15) is 0 Å². The van der Waals surface area contributed by atoms with Crippen molar-refractivity contribution in [2.24, 2.45) is 0 Å². The highest BCUT2D eigenvalue weighted by Gasteiger charge is 2.09. The summed E-state index contributed by atoms with van der Waals surface area (Å²) < 4.78 is 10.4. The van der Waals surface area contributed by atoms with E-state index >= 15 is 0 Å². The highest BCUT2D eigenvalue weighted by molar-refractivity contribution is 5.58. The average Bonchev–Trinajstić information content (AvgIpc) is 2.29. The Labute approximate surface area is 90.0 Å². The number of rotatable bonds is 5. The Balaban J connectivity index is 2.93. The molecule has 0 aromatic heterocycles. The van der Waals surface area contributed by atoms with Crippen molar-refractivity contribution >= 4 is 5.76 Å². The molecule has 1 N–H and O–H groups in total. The zero-order chi connectivity index (χ0) is 11.1. The van der Waals surface area contributed by atoms with Gasteiger partial charge in [-0.25, -0.2) is 0 Å². The summed E-state index contributed by atoms with van der Waals surface area (Å²) in [6, 6.07) is 9.18. The Morgan fingerprint density at radius 2 is 1.60 bits per heavy atom. The molecule has 1 aromatic carbocycles. The first kappa shape index (κ1) is 11.4. The van der Waals surface area contributed by atoms with Crippen LogP contribution in [0.1, 0.15) is 19.4 Å². The van der Waals surface area contributed by atoms with E-state index in [9.17, 15) is 5.11 Å². The van der Waals surface area contributed by atoms with Crippen LogP contribution in [-0.4, -0.2) is 18.3 Å². The van der Waals surface area contributed by atoms with E-state index in [-0.39, 0.29) is 11.7 Å². The standard InChI is InChI=1S/C12H16O3/c1-3-14-12(15-4-2)11(13)10-8-6-5-7-9-10/h5-9,13H,3-4H2,1-2H3.